The molecule has 0 radical (unpaired) electrons. The van der Waals surface area contributed by atoms with Crippen molar-refractivity contribution in [2.75, 3.05) is 20.1 Å². The van der Waals surface area contributed by atoms with E-state index in [1.54, 1.807) is 13.1 Å². The van der Waals surface area contributed by atoms with E-state index in [9.17, 15) is 4.79 Å². The summed E-state index contributed by atoms with van der Waals surface area (Å²) in [6, 6.07) is 8.22. The van der Waals surface area contributed by atoms with E-state index in [0.717, 1.165) is 38.0 Å². The number of likely N-dealkylation sites (tertiary alicyclic amines) is 1. The number of carbonyl (C=O) groups excluding carboxylic acids is 1. The summed E-state index contributed by atoms with van der Waals surface area (Å²) in [6.07, 6.45) is 8.05. The highest BCUT2D eigenvalue weighted by Gasteiger charge is 2.23. The molecule has 0 aromatic carbocycles. The lowest BCUT2D eigenvalue weighted by molar-refractivity contribution is 0.0955. The molecule has 1 aliphatic rings. The Kier molecular flexibility index (Phi) is 4.23. The van der Waals surface area contributed by atoms with Crippen LogP contribution in [-0.4, -0.2) is 50.3 Å². The predicted molar refractivity (Wildman–Crippen MR) is 94.4 cm³/mol. The first-order valence-electron chi connectivity index (χ1n) is 8.65. The second-order valence-corrected chi connectivity index (χ2v) is 6.49. The van der Waals surface area contributed by atoms with Gasteiger partial charge in [0, 0.05) is 38.1 Å². The average molecular weight is 338 g/mol. The van der Waals surface area contributed by atoms with Crippen LogP contribution in [0.1, 0.15) is 34.9 Å². The maximum atomic E-state index is 11.7. The molecule has 1 aliphatic heterocycles. The van der Waals surface area contributed by atoms with Crippen LogP contribution in [0, 0.1) is 0 Å². The normalized spacial score (nSPS) is 18.5. The lowest BCUT2D eigenvalue weighted by Crippen LogP contribution is -2.36. The smallest absolute Gasteiger partial charge is 0.271 e. The summed E-state index contributed by atoms with van der Waals surface area (Å²) in [4.78, 5) is 14.1. The average Bonchev–Trinajstić information content (AvgIpc) is 3.29. The number of fused-ring (bicyclic) bond motifs is 1. The van der Waals surface area contributed by atoms with Crippen LogP contribution in [0.25, 0.3) is 5.52 Å². The second kappa shape index (κ2) is 6.68. The van der Waals surface area contributed by atoms with Crippen molar-refractivity contribution < 1.29 is 4.79 Å². The number of hydrogen-bond acceptors (Lipinski definition) is 4. The first kappa shape index (κ1) is 15.8. The quantitative estimate of drug-likeness (QED) is 0.787. The molecular weight excluding hydrogens is 316 g/mol. The van der Waals surface area contributed by atoms with Crippen molar-refractivity contribution >= 4 is 11.4 Å². The van der Waals surface area contributed by atoms with Gasteiger partial charge in [0.1, 0.15) is 5.69 Å². The monoisotopic (exact) mass is 338 g/mol. The predicted octanol–water partition coefficient (Wildman–Crippen LogP) is 1.73. The summed E-state index contributed by atoms with van der Waals surface area (Å²) < 4.78 is 3.85. The number of rotatable bonds is 4. The van der Waals surface area contributed by atoms with Crippen molar-refractivity contribution in [3.63, 3.8) is 0 Å². The van der Waals surface area contributed by atoms with Crippen LogP contribution in [0.5, 0.6) is 0 Å². The fraction of sp³-hybridized carbons (Fsp3) is 0.389. The fourth-order valence-corrected chi connectivity index (χ4v) is 3.53. The highest BCUT2D eigenvalue weighted by atomic mass is 16.1. The Morgan fingerprint density at radius 2 is 2.24 bits per heavy atom. The Morgan fingerprint density at radius 3 is 3.12 bits per heavy atom. The van der Waals surface area contributed by atoms with Gasteiger partial charge in [-0.25, -0.2) is 4.52 Å². The molecule has 7 nitrogen and oxygen atoms in total. The Balaban J connectivity index is 1.47. The zero-order valence-corrected chi connectivity index (χ0v) is 14.3. The Bertz CT molecular complexity index is 882. The second-order valence-electron chi connectivity index (χ2n) is 6.49. The zero-order chi connectivity index (χ0) is 17.2. The number of carbonyl (C=O) groups is 1. The standard InChI is InChI=1S/C18H22N6O/c1-19-18(25)16-7-10-23(21-16)15-5-4-8-22(13-15)12-14-11-20-24-9-3-2-6-17(14)24/h2-3,6-7,9-11,15H,4-5,8,12-13H2,1H3,(H,19,25)/t15-/m1/s1. The number of hydrogen-bond donors (Lipinski definition) is 1. The molecule has 1 saturated heterocycles. The van der Waals surface area contributed by atoms with Gasteiger partial charge in [0.15, 0.2) is 0 Å². The number of nitrogens with zero attached hydrogens (tertiary/aromatic N) is 5. The SMILES string of the molecule is CNC(=O)c1ccn([C@@H]2CCCN(Cc3cnn4ccccc34)C2)n1. The summed E-state index contributed by atoms with van der Waals surface area (Å²) in [6.45, 7) is 2.89. The van der Waals surface area contributed by atoms with Crippen LogP contribution >= 0.6 is 0 Å². The molecule has 4 heterocycles. The van der Waals surface area contributed by atoms with Crippen molar-refractivity contribution in [1.29, 1.82) is 0 Å². The summed E-state index contributed by atoms with van der Waals surface area (Å²) in [5, 5.41) is 11.5. The van der Waals surface area contributed by atoms with Crippen molar-refractivity contribution in [3.8, 4) is 0 Å². The van der Waals surface area contributed by atoms with Crippen LogP contribution in [0.2, 0.25) is 0 Å². The largest absolute Gasteiger partial charge is 0.354 e. The minimum atomic E-state index is -0.141. The molecule has 0 saturated carbocycles. The minimum absolute atomic E-state index is 0.141. The molecule has 0 spiro atoms. The van der Waals surface area contributed by atoms with Gasteiger partial charge in [-0.05, 0) is 37.6 Å². The Hall–Kier alpha value is -2.67. The van der Waals surface area contributed by atoms with Crippen LogP contribution in [0.4, 0.5) is 0 Å². The lowest BCUT2D eigenvalue weighted by atomic mass is 10.1. The molecule has 1 atom stereocenters. The summed E-state index contributed by atoms with van der Waals surface area (Å²) in [5.41, 5.74) is 2.88. The molecule has 0 unspecified atom stereocenters. The third-order valence-corrected chi connectivity index (χ3v) is 4.82. The molecular formula is C18H22N6O. The van der Waals surface area contributed by atoms with Crippen molar-refractivity contribution in [1.82, 2.24) is 29.6 Å². The molecule has 1 amide bonds. The van der Waals surface area contributed by atoms with Crippen molar-refractivity contribution in [2.24, 2.45) is 0 Å². The van der Waals surface area contributed by atoms with Gasteiger partial charge in [0.05, 0.1) is 17.8 Å². The first-order chi connectivity index (χ1) is 12.2. The molecule has 130 valence electrons. The highest BCUT2D eigenvalue weighted by Crippen LogP contribution is 2.23. The molecule has 1 fully saturated rings. The summed E-state index contributed by atoms with van der Waals surface area (Å²) in [5.74, 6) is -0.141. The topological polar surface area (TPSA) is 67.5 Å². The number of pyridine rings is 1. The van der Waals surface area contributed by atoms with Crippen LogP contribution in [-0.2, 0) is 6.54 Å². The molecule has 4 rings (SSSR count). The Morgan fingerprint density at radius 1 is 1.32 bits per heavy atom. The van der Waals surface area contributed by atoms with Crippen LogP contribution in [0.15, 0.2) is 42.9 Å². The van der Waals surface area contributed by atoms with Gasteiger partial charge in [0.25, 0.3) is 5.91 Å². The summed E-state index contributed by atoms with van der Waals surface area (Å²) in [7, 11) is 1.62. The van der Waals surface area contributed by atoms with E-state index in [1.807, 2.05) is 39.9 Å². The van der Waals surface area contributed by atoms with E-state index in [1.165, 1.54) is 5.56 Å². The third kappa shape index (κ3) is 3.15. The van der Waals surface area contributed by atoms with Gasteiger partial charge >= 0.3 is 0 Å². The first-order valence-corrected chi connectivity index (χ1v) is 8.65. The van der Waals surface area contributed by atoms with Gasteiger partial charge in [-0.3, -0.25) is 14.4 Å². The van der Waals surface area contributed by atoms with E-state index in [-0.39, 0.29) is 5.91 Å². The lowest BCUT2D eigenvalue weighted by Gasteiger charge is -2.32. The van der Waals surface area contributed by atoms with Crippen molar-refractivity contribution in [2.45, 2.75) is 25.4 Å². The van der Waals surface area contributed by atoms with Gasteiger partial charge in [-0.2, -0.15) is 10.2 Å². The van der Waals surface area contributed by atoms with E-state index in [4.69, 9.17) is 0 Å². The maximum absolute atomic E-state index is 11.7. The molecule has 25 heavy (non-hydrogen) atoms. The molecule has 3 aromatic heterocycles. The van der Waals surface area contributed by atoms with Crippen LogP contribution < -0.4 is 5.32 Å². The minimum Gasteiger partial charge on any atom is -0.354 e. The molecule has 7 heteroatoms. The van der Waals surface area contributed by atoms with Crippen molar-refractivity contribution in [3.05, 3.63) is 54.1 Å². The van der Waals surface area contributed by atoms with E-state index < -0.39 is 0 Å². The van der Waals surface area contributed by atoms with Gasteiger partial charge in [-0.1, -0.05) is 6.07 Å². The van der Waals surface area contributed by atoms with E-state index >= 15 is 0 Å². The molecule has 3 aromatic rings. The number of aromatic nitrogens is 4. The third-order valence-electron chi connectivity index (χ3n) is 4.82. The fourth-order valence-electron chi connectivity index (χ4n) is 3.53. The molecule has 0 bridgehead atoms. The highest BCUT2D eigenvalue weighted by molar-refractivity contribution is 5.91. The van der Waals surface area contributed by atoms with E-state index in [0.29, 0.717) is 11.7 Å². The van der Waals surface area contributed by atoms with Gasteiger partial charge in [-0.15, -0.1) is 0 Å². The number of piperidine rings is 1. The molecule has 1 N–H and O–H groups in total. The maximum Gasteiger partial charge on any atom is 0.271 e. The zero-order valence-electron chi connectivity index (χ0n) is 14.3. The van der Waals surface area contributed by atoms with Gasteiger partial charge in [0.2, 0.25) is 0 Å². The summed E-state index contributed by atoms with van der Waals surface area (Å²) >= 11 is 0. The molecule has 0 aliphatic carbocycles. The van der Waals surface area contributed by atoms with E-state index in [2.05, 4.69) is 26.5 Å². The number of amides is 1. The Labute approximate surface area is 146 Å². The van der Waals surface area contributed by atoms with Crippen LogP contribution in [0.3, 0.4) is 0 Å². The van der Waals surface area contributed by atoms with Gasteiger partial charge < -0.3 is 5.32 Å². The number of nitrogens with one attached hydrogen (secondary N) is 1.